The molecule has 2 aromatic rings. The number of rotatable bonds is 5. The van der Waals surface area contributed by atoms with E-state index >= 15 is 0 Å². The quantitative estimate of drug-likeness (QED) is 0.851. The second-order valence-electron chi connectivity index (χ2n) is 6.75. The van der Waals surface area contributed by atoms with Crippen LogP contribution >= 0.6 is 0 Å². The van der Waals surface area contributed by atoms with Gasteiger partial charge in [-0.1, -0.05) is 25.1 Å². The normalized spacial score (nSPS) is 15.4. The molecule has 0 radical (unpaired) electrons. The highest BCUT2D eigenvalue weighted by molar-refractivity contribution is 5.92. The number of fused-ring (bicyclic) bond motifs is 1. The van der Waals surface area contributed by atoms with Crippen molar-refractivity contribution in [3.05, 3.63) is 47.3 Å². The van der Waals surface area contributed by atoms with Crippen LogP contribution in [0.1, 0.15) is 43.1 Å². The van der Waals surface area contributed by atoms with E-state index in [1.807, 2.05) is 18.2 Å². The van der Waals surface area contributed by atoms with Crippen molar-refractivity contribution >= 4 is 11.6 Å². The van der Waals surface area contributed by atoms with Gasteiger partial charge in [-0.25, -0.2) is 0 Å². The standard InChI is InChI=1S/C19H22F3N3O/c1-13(18(26)23-14-7-3-2-4-8-14)11-12-25-16-10-6-5-9-15(16)17(24-25)19(20,21)22/h2-4,7-8,13H,5-6,9-12H2,1H3,(H,23,26). The molecule has 1 aromatic carbocycles. The summed E-state index contributed by atoms with van der Waals surface area (Å²) in [6, 6.07) is 9.11. The Hall–Kier alpha value is -2.31. The number of anilines is 1. The maximum absolute atomic E-state index is 13.2. The highest BCUT2D eigenvalue weighted by Gasteiger charge is 2.39. The van der Waals surface area contributed by atoms with E-state index in [0.717, 1.165) is 12.8 Å². The Morgan fingerprint density at radius 3 is 2.62 bits per heavy atom. The highest BCUT2D eigenvalue weighted by Crippen LogP contribution is 2.36. The molecule has 1 aliphatic carbocycles. The molecule has 0 saturated carbocycles. The first kappa shape index (κ1) is 18.5. The molecule has 7 heteroatoms. The number of carbonyl (C=O) groups excluding carboxylic acids is 1. The zero-order valence-electron chi connectivity index (χ0n) is 14.6. The lowest BCUT2D eigenvalue weighted by Crippen LogP contribution is -2.22. The summed E-state index contributed by atoms with van der Waals surface area (Å²) in [7, 11) is 0. The van der Waals surface area contributed by atoms with Crippen molar-refractivity contribution in [1.82, 2.24) is 9.78 Å². The average Bonchev–Trinajstić information content (AvgIpc) is 2.99. The molecular weight excluding hydrogens is 343 g/mol. The van der Waals surface area contributed by atoms with Gasteiger partial charge in [0.25, 0.3) is 0 Å². The monoisotopic (exact) mass is 365 g/mol. The fraction of sp³-hybridized carbons (Fsp3) is 0.474. The maximum atomic E-state index is 13.2. The summed E-state index contributed by atoms with van der Waals surface area (Å²) in [4.78, 5) is 12.3. The minimum Gasteiger partial charge on any atom is -0.326 e. The molecule has 140 valence electrons. The van der Waals surface area contributed by atoms with Crippen molar-refractivity contribution < 1.29 is 18.0 Å². The number of hydrogen-bond acceptors (Lipinski definition) is 2. The smallest absolute Gasteiger partial charge is 0.326 e. The summed E-state index contributed by atoms with van der Waals surface area (Å²) in [5, 5.41) is 6.66. The molecule has 0 aliphatic heterocycles. The van der Waals surface area contributed by atoms with Gasteiger partial charge in [0.2, 0.25) is 5.91 Å². The molecule has 0 fully saturated rings. The van der Waals surface area contributed by atoms with Gasteiger partial charge in [-0.15, -0.1) is 0 Å². The number of alkyl halides is 3. The Morgan fingerprint density at radius 1 is 1.23 bits per heavy atom. The predicted molar refractivity (Wildman–Crippen MR) is 92.7 cm³/mol. The summed E-state index contributed by atoms with van der Waals surface area (Å²) in [6.07, 6.45) is -1.32. The van der Waals surface area contributed by atoms with E-state index in [9.17, 15) is 18.0 Å². The van der Waals surface area contributed by atoms with E-state index in [1.54, 1.807) is 19.1 Å². The van der Waals surface area contributed by atoms with E-state index < -0.39 is 11.9 Å². The minimum absolute atomic E-state index is 0.145. The fourth-order valence-electron chi connectivity index (χ4n) is 3.32. The van der Waals surface area contributed by atoms with Crippen LogP contribution < -0.4 is 5.32 Å². The van der Waals surface area contributed by atoms with Gasteiger partial charge in [0.15, 0.2) is 5.69 Å². The first-order chi connectivity index (χ1) is 12.4. The summed E-state index contributed by atoms with van der Waals surface area (Å²) >= 11 is 0. The Morgan fingerprint density at radius 2 is 1.92 bits per heavy atom. The number of carbonyl (C=O) groups is 1. The van der Waals surface area contributed by atoms with Gasteiger partial charge in [-0.3, -0.25) is 9.48 Å². The van der Waals surface area contributed by atoms with Crippen LogP contribution in [0, 0.1) is 5.92 Å². The molecule has 1 heterocycles. The number of benzene rings is 1. The third-order valence-corrected chi connectivity index (χ3v) is 4.79. The minimum atomic E-state index is -4.43. The van der Waals surface area contributed by atoms with Gasteiger partial charge < -0.3 is 5.32 Å². The second-order valence-corrected chi connectivity index (χ2v) is 6.75. The highest BCUT2D eigenvalue weighted by atomic mass is 19.4. The second kappa shape index (κ2) is 7.51. The molecule has 3 rings (SSSR count). The summed E-state index contributed by atoms with van der Waals surface area (Å²) in [5.41, 5.74) is 0.971. The van der Waals surface area contributed by atoms with Crippen molar-refractivity contribution in [2.75, 3.05) is 5.32 Å². The molecule has 0 saturated heterocycles. The van der Waals surface area contributed by atoms with Crippen LogP contribution in [0.5, 0.6) is 0 Å². The van der Waals surface area contributed by atoms with Crippen LogP contribution in [-0.2, 0) is 30.4 Å². The van der Waals surface area contributed by atoms with Gasteiger partial charge in [-0.05, 0) is 44.2 Å². The van der Waals surface area contributed by atoms with Crippen LogP contribution in [0.3, 0.4) is 0 Å². The zero-order chi connectivity index (χ0) is 18.7. The number of hydrogen-bond donors (Lipinski definition) is 1. The lowest BCUT2D eigenvalue weighted by atomic mass is 9.95. The number of aromatic nitrogens is 2. The third-order valence-electron chi connectivity index (χ3n) is 4.79. The lowest BCUT2D eigenvalue weighted by molar-refractivity contribution is -0.142. The van der Waals surface area contributed by atoms with Gasteiger partial charge >= 0.3 is 6.18 Å². The fourth-order valence-corrected chi connectivity index (χ4v) is 3.32. The average molecular weight is 365 g/mol. The number of nitrogens with zero attached hydrogens (tertiary/aromatic N) is 2. The van der Waals surface area contributed by atoms with Crippen molar-refractivity contribution in [2.45, 2.75) is 51.7 Å². The Kier molecular flexibility index (Phi) is 5.34. The van der Waals surface area contributed by atoms with Gasteiger partial charge in [0.05, 0.1) is 0 Å². The van der Waals surface area contributed by atoms with E-state index in [4.69, 9.17) is 0 Å². The first-order valence-electron chi connectivity index (χ1n) is 8.88. The van der Waals surface area contributed by atoms with Crippen LogP contribution in [0.15, 0.2) is 30.3 Å². The number of aryl methyl sites for hydroxylation is 1. The van der Waals surface area contributed by atoms with Crippen LogP contribution in [-0.4, -0.2) is 15.7 Å². The molecule has 1 aliphatic rings. The topological polar surface area (TPSA) is 46.9 Å². The Labute approximate surface area is 150 Å². The van der Waals surface area contributed by atoms with E-state index in [1.165, 1.54) is 4.68 Å². The van der Waals surface area contributed by atoms with Crippen LogP contribution in [0.4, 0.5) is 18.9 Å². The SMILES string of the molecule is CC(CCn1nc(C(F)(F)F)c2c1CCCC2)C(=O)Nc1ccccc1. The number of halogens is 3. The van der Waals surface area contributed by atoms with E-state index in [2.05, 4.69) is 10.4 Å². The third kappa shape index (κ3) is 4.08. The van der Waals surface area contributed by atoms with Crippen LogP contribution in [0.25, 0.3) is 0 Å². The van der Waals surface area contributed by atoms with Crippen molar-refractivity contribution in [3.63, 3.8) is 0 Å². The summed E-state index contributed by atoms with van der Waals surface area (Å²) < 4.78 is 41.1. The molecule has 4 nitrogen and oxygen atoms in total. The molecule has 26 heavy (non-hydrogen) atoms. The molecule has 0 bridgehead atoms. The van der Waals surface area contributed by atoms with Gasteiger partial charge in [-0.2, -0.15) is 18.3 Å². The number of para-hydroxylation sites is 1. The lowest BCUT2D eigenvalue weighted by Gasteiger charge is -2.16. The number of nitrogens with one attached hydrogen (secondary N) is 1. The van der Waals surface area contributed by atoms with Crippen molar-refractivity contribution in [3.8, 4) is 0 Å². The first-order valence-corrected chi connectivity index (χ1v) is 8.88. The summed E-state index contributed by atoms with van der Waals surface area (Å²) in [5.74, 6) is -0.471. The Balaban J connectivity index is 1.67. The zero-order valence-corrected chi connectivity index (χ0v) is 14.6. The van der Waals surface area contributed by atoms with Crippen molar-refractivity contribution in [2.24, 2.45) is 5.92 Å². The molecule has 1 aromatic heterocycles. The van der Waals surface area contributed by atoms with Crippen molar-refractivity contribution in [1.29, 1.82) is 0 Å². The predicted octanol–water partition coefficient (Wildman–Crippen LogP) is 4.45. The van der Waals surface area contributed by atoms with E-state index in [-0.39, 0.29) is 11.8 Å². The molecule has 0 spiro atoms. The molecular formula is C19H22F3N3O. The molecule has 1 amide bonds. The number of amides is 1. The molecule has 1 atom stereocenters. The summed E-state index contributed by atoms with van der Waals surface area (Å²) in [6.45, 7) is 2.08. The maximum Gasteiger partial charge on any atom is 0.435 e. The molecule has 1 unspecified atom stereocenters. The van der Waals surface area contributed by atoms with E-state index in [0.29, 0.717) is 42.8 Å². The van der Waals surface area contributed by atoms with Crippen LogP contribution in [0.2, 0.25) is 0 Å². The van der Waals surface area contributed by atoms with Gasteiger partial charge in [0, 0.05) is 29.4 Å². The molecule has 1 N–H and O–H groups in total. The largest absolute Gasteiger partial charge is 0.435 e. The van der Waals surface area contributed by atoms with Gasteiger partial charge in [0.1, 0.15) is 0 Å². The Bertz CT molecular complexity index is 768.